The topological polar surface area (TPSA) is 78.6 Å². The molecule has 0 aliphatic rings. The van der Waals surface area contributed by atoms with E-state index in [-0.39, 0.29) is 6.17 Å². The Bertz CT molecular complexity index is 3780. The van der Waals surface area contributed by atoms with Gasteiger partial charge in [-0.05, 0) is 104 Å². The predicted octanol–water partition coefficient (Wildman–Crippen LogP) is 16.8. The molecule has 4 heterocycles. The van der Waals surface area contributed by atoms with Gasteiger partial charge >= 0.3 is 0 Å². The van der Waals surface area contributed by atoms with Crippen LogP contribution in [0.5, 0.6) is 0 Å². The van der Waals surface area contributed by atoms with Crippen LogP contribution < -0.4 is 14.7 Å². The fraction of sp³-hybridized carbons (Fsp3) is 0.176. The zero-order chi connectivity index (χ0) is 52.8. The van der Waals surface area contributed by atoms with E-state index in [0.717, 1.165) is 69.7 Å². The summed E-state index contributed by atoms with van der Waals surface area (Å²) in [5, 5.41) is 27.8. The summed E-state index contributed by atoms with van der Waals surface area (Å²) in [5.74, 6) is 1.61. The fourth-order valence-electron chi connectivity index (χ4n) is 11.3. The number of benzene rings is 8. The number of anilines is 4. The Morgan fingerprint density at radius 3 is 1.58 bits per heavy atom. The van der Waals surface area contributed by atoms with Gasteiger partial charge in [0.1, 0.15) is 6.17 Å². The molecule has 4 aromatic heterocycles. The number of aromatic nitrogens is 6. The van der Waals surface area contributed by atoms with Gasteiger partial charge in [-0.25, -0.2) is 14.7 Å². The Balaban J connectivity index is 0.939. The lowest BCUT2D eigenvalue weighted by Gasteiger charge is -2.26. The molecule has 0 spiro atoms. The minimum Gasteiger partial charge on any atom is -0.319 e. The molecule has 0 aliphatic carbocycles. The third kappa shape index (κ3) is 10.0. The lowest BCUT2D eigenvalue weighted by atomic mass is 10.1. The van der Waals surface area contributed by atoms with Crippen LogP contribution in [0.25, 0.3) is 55.0 Å². The fourth-order valence-corrected chi connectivity index (χ4v) is 11.3. The van der Waals surface area contributed by atoms with Crippen LogP contribution in [0.1, 0.15) is 87.0 Å². The number of fused-ring (bicyclic) bond motifs is 6. The van der Waals surface area contributed by atoms with Gasteiger partial charge in [-0.15, -0.1) is 10.2 Å². The number of hydrazone groups is 2. The van der Waals surface area contributed by atoms with Crippen LogP contribution in [0.2, 0.25) is 0 Å². The van der Waals surface area contributed by atoms with Crippen molar-refractivity contribution in [3.8, 4) is 11.4 Å². The minimum atomic E-state index is -0.0120. The normalized spacial score (nSPS) is 12.3. The molecule has 0 aliphatic heterocycles. The van der Waals surface area contributed by atoms with Crippen molar-refractivity contribution in [3.05, 3.63) is 241 Å². The molecule has 0 radical (unpaired) electrons. The summed E-state index contributed by atoms with van der Waals surface area (Å²) in [5.41, 5.74) is 12.9. The molecule has 12 aromatic rings. The number of H-pyrrole nitrogens is 1. The van der Waals surface area contributed by atoms with Gasteiger partial charge in [0.2, 0.25) is 11.4 Å². The zero-order valence-electron chi connectivity index (χ0n) is 44.7. The van der Waals surface area contributed by atoms with E-state index in [2.05, 4.69) is 210 Å². The summed E-state index contributed by atoms with van der Waals surface area (Å²) in [6, 6.07) is 77.0. The molecule has 10 heteroatoms. The van der Waals surface area contributed by atoms with Crippen LogP contribution in [-0.4, -0.2) is 36.4 Å². The summed E-state index contributed by atoms with van der Waals surface area (Å²) < 4.78 is 9.32. The highest BCUT2D eigenvalue weighted by Gasteiger charge is 2.25. The second kappa shape index (κ2) is 22.5. The Kier molecular flexibility index (Phi) is 14.3. The van der Waals surface area contributed by atoms with Crippen molar-refractivity contribution in [3.63, 3.8) is 0 Å². The molecule has 10 nitrogen and oxygen atoms in total. The number of nitrogens with one attached hydrogen (secondary N) is 1. The minimum absolute atomic E-state index is 0.0120. The number of nitrogens with zero attached hydrogens (tertiary/aromatic N) is 9. The Morgan fingerprint density at radius 2 is 0.987 bits per heavy atom. The van der Waals surface area contributed by atoms with E-state index in [1.165, 1.54) is 82.1 Å². The van der Waals surface area contributed by atoms with Gasteiger partial charge < -0.3 is 9.13 Å². The number of hydrogen-bond acceptors (Lipinski definition) is 5. The third-order valence-electron chi connectivity index (χ3n) is 15.0. The first-order valence-electron chi connectivity index (χ1n) is 27.6. The van der Waals surface area contributed by atoms with Crippen molar-refractivity contribution in [1.82, 2.24) is 24.0 Å². The predicted molar refractivity (Wildman–Crippen MR) is 324 cm³/mol. The summed E-state index contributed by atoms with van der Waals surface area (Å²) in [6.45, 7) is 6.49. The van der Waals surface area contributed by atoms with Crippen LogP contribution in [0.4, 0.5) is 23.0 Å². The van der Waals surface area contributed by atoms with Gasteiger partial charge in [-0.2, -0.15) is 10.2 Å². The number of aromatic amines is 1. The van der Waals surface area contributed by atoms with Crippen molar-refractivity contribution in [2.24, 2.45) is 10.2 Å². The summed E-state index contributed by atoms with van der Waals surface area (Å²) >= 11 is 0. The van der Waals surface area contributed by atoms with E-state index < -0.39 is 0 Å². The standard InChI is InChI=1S/C68H64N10/c1-4-5-6-7-8-9-22-39-68(73-62-37-25-23-35-58(62)60-46-52(40-42-64(60)73)48-69-77(56-31-18-12-19-32-56)66-44-50(2)75(71-66)54-27-14-10-15-28-54)74-63-38-26-24-36-59(63)61-47-53(41-43-65(61)74)49-70-78(57-33-20-13-21-34-57)67-45-51(3)76(72-67)55-29-16-11-17-30-55/h10-21,23-38,40-49,68H,4-9,22,39H2,1-3H3/p+1/b69-48+,70-49+. The molecule has 1 atom stereocenters. The maximum atomic E-state index is 5.21. The van der Waals surface area contributed by atoms with Crippen molar-refractivity contribution in [1.29, 1.82) is 0 Å². The van der Waals surface area contributed by atoms with E-state index in [9.17, 15) is 0 Å². The second-order valence-electron chi connectivity index (χ2n) is 20.3. The molecule has 0 saturated carbocycles. The molecule has 0 amide bonds. The highest BCUT2D eigenvalue weighted by Crippen LogP contribution is 2.40. The maximum absolute atomic E-state index is 5.21. The van der Waals surface area contributed by atoms with E-state index in [1.54, 1.807) is 0 Å². The summed E-state index contributed by atoms with van der Waals surface area (Å²) in [6.07, 6.45) is 13.6. The van der Waals surface area contributed by atoms with E-state index in [4.69, 9.17) is 15.3 Å². The summed E-state index contributed by atoms with van der Waals surface area (Å²) in [7, 11) is 0. The number of rotatable bonds is 20. The molecule has 1 unspecified atom stereocenters. The van der Waals surface area contributed by atoms with Crippen LogP contribution in [0.15, 0.2) is 229 Å². The van der Waals surface area contributed by atoms with Crippen LogP contribution in [0.3, 0.4) is 0 Å². The van der Waals surface area contributed by atoms with Crippen molar-refractivity contribution in [2.45, 2.75) is 78.3 Å². The van der Waals surface area contributed by atoms with Gasteiger partial charge in [-0.3, -0.25) is 0 Å². The molecule has 386 valence electrons. The first kappa shape index (κ1) is 49.6. The van der Waals surface area contributed by atoms with Gasteiger partial charge in [0, 0.05) is 52.4 Å². The lowest BCUT2D eigenvalue weighted by Crippen LogP contribution is -2.35. The quantitative estimate of drug-likeness (QED) is 0.0358. The third-order valence-corrected chi connectivity index (χ3v) is 15.0. The Labute approximate surface area is 456 Å². The average Bonchev–Trinajstić information content (AvgIpc) is 4.31. The Hall–Kier alpha value is -9.28. The smallest absolute Gasteiger partial charge is 0.235 e. The molecule has 0 fully saturated rings. The molecular formula is C68H65N10+. The van der Waals surface area contributed by atoms with Gasteiger partial charge in [0.15, 0.2) is 11.6 Å². The number of aryl methyl sites for hydroxylation is 2. The first-order valence-corrected chi connectivity index (χ1v) is 27.6. The zero-order valence-corrected chi connectivity index (χ0v) is 44.7. The molecule has 78 heavy (non-hydrogen) atoms. The van der Waals surface area contributed by atoms with Crippen LogP contribution in [-0.2, 0) is 0 Å². The molecule has 0 saturated heterocycles. The first-order chi connectivity index (χ1) is 38.5. The van der Waals surface area contributed by atoms with Gasteiger partial charge in [0.05, 0.1) is 57.6 Å². The second-order valence-corrected chi connectivity index (χ2v) is 20.3. The maximum Gasteiger partial charge on any atom is 0.235 e. The summed E-state index contributed by atoms with van der Waals surface area (Å²) in [4.78, 5) is 0. The molecule has 8 aromatic carbocycles. The molecule has 0 bridgehead atoms. The van der Waals surface area contributed by atoms with Gasteiger partial charge in [-0.1, -0.05) is 171 Å². The van der Waals surface area contributed by atoms with Gasteiger partial charge in [0.25, 0.3) is 0 Å². The van der Waals surface area contributed by atoms with E-state index >= 15 is 0 Å². The SMILES string of the molecule is CCCCCCCCCC(n1c2ccccc2c2cc(/C=N/N(c3ccccc3)c3cc(C)n(-c4ccccc4)n3)ccc21)n1c2ccccc2c2cc(/C=N/N(c3ccccc3)c3cc(C)[n+](-c4ccccc4)[nH]3)ccc21. The molecule has 1 N–H and O–H groups in total. The highest BCUT2D eigenvalue weighted by atomic mass is 15.5. The van der Waals surface area contributed by atoms with Crippen molar-refractivity contribution < 1.29 is 4.68 Å². The largest absolute Gasteiger partial charge is 0.319 e. The Morgan fingerprint density at radius 1 is 0.500 bits per heavy atom. The van der Waals surface area contributed by atoms with Crippen molar-refractivity contribution in [2.75, 3.05) is 10.0 Å². The monoisotopic (exact) mass is 1020 g/mol. The highest BCUT2D eigenvalue weighted by molar-refractivity contribution is 6.11. The molecular weight excluding hydrogens is 957 g/mol. The van der Waals surface area contributed by atoms with Crippen LogP contribution >= 0.6 is 0 Å². The van der Waals surface area contributed by atoms with E-state index in [0.29, 0.717) is 0 Å². The average molecular weight is 1020 g/mol. The molecule has 12 rings (SSSR count). The number of para-hydroxylation sites is 6. The number of unbranched alkanes of at least 4 members (excludes halogenated alkanes) is 6. The number of hydrogen-bond donors (Lipinski definition) is 1. The lowest BCUT2D eigenvalue weighted by molar-refractivity contribution is -0.660. The van der Waals surface area contributed by atoms with Crippen molar-refractivity contribution >= 4 is 79.1 Å². The van der Waals surface area contributed by atoms with E-state index in [1.807, 2.05) is 75.7 Å². The van der Waals surface area contributed by atoms with Crippen LogP contribution in [0, 0.1) is 13.8 Å².